The third-order valence-corrected chi connectivity index (χ3v) is 5.59. The minimum Gasteiger partial charge on any atom is -0.346 e. The van der Waals surface area contributed by atoms with E-state index in [9.17, 15) is 9.59 Å². The number of nitrogens with zero attached hydrogens (tertiary/aromatic N) is 1. The van der Waals surface area contributed by atoms with Crippen LogP contribution in [0.3, 0.4) is 0 Å². The highest BCUT2D eigenvalue weighted by Crippen LogP contribution is 2.34. The molecule has 6 nitrogen and oxygen atoms in total. The topological polar surface area (TPSA) is 67.9 Å². The highest BCUT2D eigenvalue weighted by Gasteiger charge is 2.48. The van der Waals surface area contributed by atoms with E-state index in [0.717, 1.165) is 11.1 Å². The number of rotatable bonds is 4. The highest BCUT2D eigenvalue weighted by molar-refractivity contribution is 5.97. The highest BCUT2D eigenvalue weighted by atomic mass is 16.7. The van der Waals surface area contributed by atoms with E-state index in [0.29, 0.717) is 31.7 Å². The lowest BCUT2D eigenvalue weighted by atomic mass is 10.0. The van der Waals surface area contributed by atoms with E-state index in [1.54, 1.807) is 11.0 Å². The van der Waals surface area contributed by atoms with Crippen LogP contribution in [0.5, 0.6) is 0 Å². The predicted octanol–water partition coefficient (Wildman–Crippen LogP) is 2.76. The van der Waals surface area contributed by atoms with Gasteiger partial charge in [0.05, 0.1) is 26.3 Å². The van der Waals surface area contributed by atoms with Crippen molar-refractivity contribution in [1.82, 2.24) is 10.2 Å². The van der Waals surface area contributed by atoms with E-state index in [2.05, 4.69) is 5.32 Å². The molecule has 1 atom stereocenters. The zero-order valence-electron chi connectivity index (χ0n) is 16.8. The number of ether oxygens (including phenoxy) is 2. The molecule has 2 aliphatic rings. The van der Waals surface area contributed by atoms with Gasteiger partial charge < -0.3 is 19.7 Å². The van der Waals surface area contributed by atoms with E-state index in [-0.39, 0.29) is 24.4 Å². The van der Waals surface area contributed by atoms with Gasteiger partial charge in [-0.05, 0) is 37.1 Å². The summed E-state index contributed by atoms with van der Waals surface area (Å²) >= 11 is 0. The number of nitrogens with one attached hydrogen (secondary N) is 1. The number of carbonyl (C=O) groups excluding carboxylic acids is 2. The first-order valence-corrected chi connectivity index (χ1v) is 9.98. The summed E-state index contributed by atoms with van der Waals surface area (Å²) in [7, 11) is 0. The number of aryl methyl sites for hydroxylation is 1. The largest absolute Gasteiger partial charge is 0.346 e. The van der Waals surface area contributed by atoms with Crippen LogP contribution in [0.4, 0.5) is 0 Å². The molecule has 2 saturated heterocycles. The van der Waals surface area contributed by atoms with Crippen molar-refractivity contribution in [1.29, 1.82) is 0 Å². The minimum atomic E-state index is -0.665. The summed E-state index contributed by atoms with van der Waals surface area (Å²) in [6.45, 7) is 5.49. The smallest absolute Gasteiger partial charge is 0.251 e. The number of likely N-dealkylation sites (tertiary alicyclic amines) is 1. The third kappa shape index (κ3) is 4.18. The van der Waals surface area contributed by atoms with Gasteiger partial charge in [0.1, 0.15) is 0 Å². The molecule has 2 aromatic rings. The first-order chi connectivity index (χ1) is 14.0. The van der Waals surface area contributed by atoms with Crippen LogP contribution >= 0.6 is 0 Å². The van der Waals surface area contributed by atoms with Gasteiger partial charge in [-0.25, -0.2) is 0 Å². The molecule has 1 N–H and O–H groups in total. The molecular weight excluding hydrogens is 368 g/mol. The van der Waals surface area contributed by atoms with Gasteiger partial charge in [0.2, 0.25) is 5.91 Å². The van der Waals surface area contributed by atoms with Gasteiger partial charge in [0.15, 0.2) is 5.79 Å². The third-order valence-electron chi connectivity index (χ3n) is 5.59. The van der Waals surface area contributed by atoms with Crippen molar-refractivity contribution in [3.8, 4) is 11.1 Å². The summed E-state index contributed by atoms with van der Waals surface area (Å²) in [4.78, 5) is 27.0. The normalized spacial score (nSPS) is 20.2. The Kier molecular flexibility index (Phi) is 5.39. The second-order valence-electron chi connectivity index (χ2n) is 7.81. The van der Waals surface area contributed by atoms with E-state index < -0.39 is 5.79 Å². The summed E-state index contributed by atoms with van der Waals surface area (Å²) in [5.74, 6) is -1.06. The molecule has 0 aliphatic carbocycles. The Bertz CT molecular complexity index is 903. The van der Waals surface area contributed by atoms with Crippen molar-refractivity contribution < 1.29 is 19.1 Å². The molecule has 4 rings (SSSR count). The van der Waals surface area contributed by atoms with Crippen molar-refractivity contribution in [2.75, 3.05) is 26.3 Å². The van der Waals surface area contributed by atoms with Gasteiger partial charge in [0.25, 0.3) is 5.91 Å². The van der Waals surface area contributed by atoms with Crippen LogP contribution in [-0.2, 0) is 14.3 Å². The Morgan fingerprint density at radius 1 is 1.10 bits per heavy atom. The lowest BCUT2D eigenvalue weighted by Gasteiger charge is -2.23. The molecule has 0 aromatic heterocycles. The number of carbonyl (C=O) groups is 2. The van der Waals surface area contributed by atoms with Crippen molar-refractivity contribution in [2.45, 2.75) is 32.1 Å². The van der Waals surface area contributed by atoms with Gasteiger partial charge in [-0.15, -0.1) is 0 Å². The Morgan fingerprint density at radius 3 is 2.55 bits per heavy atom. The molecule has 6 heteroatoms. The molecule has 2 heterocycles. The molecule has 0 radical (unpaired) electrons. The van der Waals surface area contributed by atoms with Gasteiger partial charge in [-0.2, -0.15) is 0 Å². The standard InChI is InChI=1S/C23H26N2O4/c1-16-6-8-18(9-7-16)19-4-3-5-20(12-19)22(27)24-14-21(26)25-15-23(13-17(25)2)28-10-11-29-23/h3-9,12,17H,10-11,13-15H2,1-2H3,(H,24,27). The number of hydrogen-bond donors (Lipinski definition) is 1. The molecule has 29 heavy (non-hydrogen) atoms. The van der Waals surface area contributed by atoms with E-state index in [1.165, 1.54) is 5.56 Å². The van der Waals surface area contributed by atoms with Gasteiger partial charge in [-0.3, -0.25) is 9.59 Å². The molecule has 2 fully saturated rings. The first-order valence-electron chi connectivity index (χ1n) is 9.98. The van der Waals surface area contributed by atoms with Gasteiger partial charge >= 0.3 is 0 Å². The monoisotopic (exact) mass is 394 g/mol. The van der Waals surface area contributed by atoms with E-state index >= 15 is 0 Å². The summed E-state index contributed by atoms with van der Waals surface area (Å²) in [6.07, 6.45) is 0.658. The zero-order chi connectivity index (χ0) is 20.4. The average Bonchev–Trinajstić information content (AvgIpc) is 3.32. The molecule has 1 unspecified atom stereocenters. The summed E-state index contributed by atoms with van der Waals surface area (Å²) < 4.78 is 11.4. The van der Waals surface area contributed by atoms with Crippen molar-refractivity contribution in [3.63, 3.8) is 0 Å². The quantitative estimate of drug-likeness (QED) is 0.866. The maximum absolute atomic E-state index is 12.7. The van der Waals surface area contributed by atoms with Crippen molar-refractivity contribution >= 4 is 11.8 Å². The molecular formula is C23H26N2O4. The maximum Gasteiger partial charge on any atom is 0.251 e. The Balaban J connectivity index is 1.38. The molecule has 0 bridgehead atoms. The predicted molar refractivity (Wildman–Crippen MR) is 109 cm³/mol. The van der Waals surface area contributed by atoms with Gasteiger partial charge in [0, 0.05) is 18.0 Å². The lowest BCUT2D eigenvalue weighted by Crippen LogP contribution is -2.43. The van der Waals surface area contributed by atoms with Gasteiger partial charge in [-0.1, -0.05) is 42.0 Å². The number of amides is 2. The van der Waals surface area contributed by atoms with Crippen LogP contribution in [0, 0.1) is 6.92 Å². The Hall–Kier alpha value is -2.70. The fourth-order valence-corrected chi connectivity index (χ4v) is 4.03. The molecule has 2 amide bonds. The summed E-state index contributed by atoms with van der Waals surface area (Å²) in [5.41, 5.74) is 3.74. The van der Waals surface area contributed by atoms with E-state index in [1.807, 2.05) is 56.3 Å². The Morgan fingerprint density at radius 2 is 1.83 bits per heavy atom. The van der Waals surface area contributed by atoms with Crippen LogP contribution in [0.1, 0.15) is 29.3 Å². The number of hydrogen-bond acceptors (Lipinski definition) is 4. The summed E-state index contributed by atoms with van der Waals surface area (Å²) in [5, 5.41) is 2.75. The fraction of sp³-hybridized carbons (Fsp3) is 0.391. The van der Waals surface area contributed by atoms with Crippen LogP contribution in [0.25, 0.3) is 11.1 Å². The first kappa shape index (κ1) is 19.6. The molecule has 2 aliphatic heterocycles. The zero-order valence-corrected chi connectivity index (χ0v) is 16.8. The maximum atomic E-state index is 12.7. The lowest BCUT2D eigenvalue weighted by molar-refractivity contribution is -0.152. The number of benzene rings is 2. The molecule has 2 aromatic carbocycles. The van der Waals surface area contributed by atoms with Crippen LogP contribution in [-0.4, -0.2) is 54.8 Å². The Labute approximate surface area is 170 Å². The van der Waals surface area contributed by atoms with E-state index in [4.69, 9.17) is 9.47 Å². The fourth-order valence-electron chi connectivity index (χ4n) is 4.03. The summed E-state index contributed by atoms with van der Waals surface area (Å²) in [6, 6.07) is 15.6. The average molecular weight is 394 g/mol. The second-order valence-corrected chi connectivity index (χ2v) is 7.81. The molecule has 1 spiro atoms. The van der Waals surface area contributed by atoms with Crippen molar-refractivity contribution in [2.24, 2.45) is 0 Å². The van der Waals surface area contributed by atoms with Crippen LogP contribution < -0.4 is 5.32 Å². The minimum absolute atomic E-state index is 0.0161. The molecule has 152 valence electrons. The van der Waals surface area contributed by atoms with Crippen molar-refractivity contribution in [3.05, 3.63) is 59.7 Å². The SMILES string of the molecule is Cc1ccc(-c2cccc(C(=O)NCC(=O)N3CC4(CC3C)OCCO4)c2)cc1. The van der Waals surface area contributed by atoms with Crippen LogP contribution in [0.2, 0.25) is 0 Å². The second kappa shape index (κ2) is 7.97. The van der Waals surface area contributed by atoms with Crippen LogP contribution in [0.15, 0.2) is 48.5 Å². The molecule has 0 saturated carbocycles.